The van der Waals surface area contributed by atoms with Crippen LogP contribution in [-0.2, 0) is 4.74 Å². The van der Waals surface area contributed by atoms with Crippen LogP contribution >= 0.6 is 38.6 Å². The van der Waals surface area contributed by atoms with Gasteiger partial charge in [-0.3, -0.25) is 0 Å². The Balaban J connectivity index is 0.000000141. The van der Waals surface area contributed by atoms with Crippen molar-refractivity contribution in [3.8, 4) is 0 Å². The maximum absolute atomic E-state index is 9.24. The van der Waals surface area contributed by atoms with Crippen LogP contribution in [0.4, 0.5) is 0 Å². The lowest BCUT2D eigenvalue weighted by Crippen LogP contribution is -1.97. The quantitative estimate of drug-likeness (QED) is 0.671. The van der Waals surface area contributed by atoms with Crippen LogP contribution in [0, 0.1) is 13.8 Å². The highest BCUT2D eigenvalue weighted by Gasteiger charge is 2.26. The van der Waals surface area contributed by atoms with Crippen LogP contribution in [0.25, 0.3) is 0 Å². The minimum atomic E-state index is -0.454. The highest BCUT2D eigenvalue weighted by Crippen LogP contribution is 2.29. The number of aliphatic hydroxyl groups excluding tert-OH is 1. The fourth-order valence-electron chi connectivity index (χ4n) is 1.36. The summed E-state index contributed by atoms with van der Waals surface area (Å²) in [5, 5.41) is 15.9. The number of aliphatic hydroxyl groups is 1. The Bertz CT molecular complexity index is 525. The summed E-state index contributed by atoms with van der Waals surface area (Å²) in [6.07, 6.45) is -0.125. The normalized spacial score (nSPS) is 18.6. The predicted octanol–water partition coefficient (Wildman–Crippen LogP) is 3.40. The van der Waals surface area contributed by atoms with E-state index in [1.165, 1.54) is 0 Å². The van der Waals surface area contributed by atoms with Crippen molar-refractivity contribution in [3.63, 3.8) is 0 Å². The number of hydrogen-bond acceptors (Lipinski definition) is 6. The van der Waals surface area contributed by atoms with Gasteiger partial charge in [0.25, 0.3) is 0 Å². The molecule has 2 atom stereocenters. The molecule has 1 fully saturated rings. The third-order valence-corrected chi connectivity index (χ3v) is 4.62. The topological polar surface area (TPSA) is 58.5 Å². The van der Waals surface area contributed by atoms with Gasteiger partial charge in [-0.2, -0.15) is 0 Å². The first-order valence-corrected chi connectivity index (χ1v) is 8.68. The van der Waals surface area contributed by atoms with Crippen molar-refractivity contribution in [1.29, 1.82) is 0 Å². The Kier molecular flexibility index (Phi) is 5.47. The minimum Gasteiger partial charge on any atom is -0.386 e. The van der Waals surface area contributed by atoms with Gasteiger partial charge in [-0.05, 0) is 13.8 Å². The van der Waals surface area contributed by atoms with E-state index >= 15 is 0 Å². The summed E-state index contributed by atoms with van der Waals surface area (Å²) in [5.74, 6) is 0. The van der Waals surface area contributed by atoms with Gasteiger partial charge in [0, 0.05) is 16.1 Å². The molecule has 0 saturated carbocycles. The number of rotatable bonds is 3. The van der Waals surface area contributed by atoms with Gasteiger partial charge in [0.15, 0.2) is 0 Å². The van der Waals surface area contributed by atoms with Crippen LogP contribution in [0.5, 0.6) is 0 Å². The fraction of sp³-hybridized carbons (Fsp3) is 0.500. The van der Waals surface area contributed by atoms with Crippen LogP contribution in [0.15, 0.2) is 10.8 Å². The summed E-state index contributed by atoms with van der Waals surface area (Å²) in [5.41, 5.74) is 1.87. The lowest BCUT2D eigenvalue weighted by Gasteiger charge is -1.99. The largest absolute Gasteiger partial charge is 0.386 e. The lowest BCUT2D eigenvalue weighted by molar-refractivity contribution is 0.201. The number of epoxide rings is 1. The van der Waals surface area contributed by atoms with Gasteiger partial charge < -0.3 is 9.84 Å². The Morgan fingerprint density at radius 2 is 2.00 bits per heavy atom. The van der Waals surface area contributed by atoms with Gasteiger partial charge in [0.2, 0.25) is 0 Å². The van der Waals surface area contributed by atoms with Gasteiger partial charge in [-0.25, -0.2) is 9.97 Å². The monoisotopic (exact) mass is 362 g/mol. The van der Waals surface area contributed by atoms with Crippen molar-refractivity contribution in [1.82, 2.24) is 9.97 Å². The van der Waals surface area contributed by atoms with Crippen molar-refractivity contribution < 1.29 is 9.84 Å². The summed E-state index contributed by atoms with van der Waals surface area (Å²) in [6.45, 7) is 4.80. The van der Waals surface area contributed by atoms with Gasteiger partial charge in [0.05, 0.1) is 28.0 Å². The van der Waals surface area contributed by atoms with Crippen LogP contribution < -0.4 is 0 Å². The first-order valence-electron chi connectivity index (χ1n) is 5.80. The average molecular weight is 363 g/mol. The number of aromatic nitrogens is 2. The molecular weight excluding hydrogens is 348 g/mol. The number of thiazole rings is 2. The maximum atomic E-state index is 9.24. The molecule has 7 heteroatoms. The Hall–Kier alpha value is -0.340. The molecule has 1 aliphatic rings. The number of halogens is 1. The first kappa shape index (κ1) is 15.1. The Morgan fingerprint density at radius 3 is 2.42 bits per heavy atom. The zero-order chi connectivity index (χ0) is 13.8. The molecule has 0 spiro atoms. The highest BCUT2D eigenvalue weighted by atomic mass is 79.9. The number of nitrogens with zero attached hydrogens (tertiary/aromatic N) is 2. The zero-order valence-electron chi connectivity index (χ0n) is 10.7. The van der Waals surface area contributed by atoms with E-state index in [9.17, 15) is 5.11 Å². The van der Waals surface area contributed by atoms with Crippen molar-refractivity contribution >= 4 is 38.6 Å². The number of ether oxygens (including phenoxy) is 1. The predicted molar refractivity (Wildman–Crippen MR) is 81.1 cm³/mol. The van der Waals surface area contributed by atoms with E-state index < -0.39 is 6.10 Å². The zero-order valence-corrected chi connectivity index (χ0v) is 13.9. The minimum absolute atomic E-state index is 0.329. The molecule has 0 unspecified atom stereocenters. The number of alkyl halides is 1. The molecule has 2 aromatic heterocycles. The molecule has 0 aliphatic carbocycles. The summed E-state index contributed by atoms with van der Waals surface area (Å²) < 4.78 is 5.05. The number of aryl methyl sites for hydroxylation is 2. The second-order valence-corrected chi connectivity index (χ2v) is 6.85. The molecule has 0 amide bonds. The van der Waals surface area contributed by atoms with E-state index in [0.29, 0.717) is 11.4 Å². The van der Waals surface area contributed by atoms with E-state index in [1.54, 1.807) is 22.7 Å². The molecular formula is C12H15BrN2O2S2. The van der Waals surface area contributed by atoms with E-state index in [2.05, 4.69) is 31.3 Å². The Morgan fingerprint density at radius 1 is 1.37 bits per heavy atom. The molecule has 3 heterocycles. The van der Waals surface area contributed by atoms with Crippen molar-refractivity contribution in [2.75, 3.05) is 11.9 Å². The van der Waals surface area contributed by atoms with E-state index in [1.807, 2.05) is 19.2 Å². The number of hydrogen-bond donors (Lipinski definition) is 1. The molecule has 1 aliphatic heterocycles. The molecule has 4 nitrogen and oxygen atoms in total. The Labute approximate surface area is 128 Å². The molecule has 2 aromatic rings. The molecule has 1 saturated heterocycles. The molecule has 19 heavy (non-hydrogen) atoms. The van der Waals surface area contributed by atoms with Crippen LogP contribution in [0.2, 0.25) is 0 Å². The van der Waals surface area contributed by atoms with Crippen molar-refractivity contribution in [2.24, 2.45) is 0 Å². The van der Waals surface area contributed by atoms with Crippen LogP contribution in [-0.4, -0.2) is 27.0 Å². The van der Waals surface area contributed by atoms with Crippen LogP contribution in [0.3, 0.4) is 0 Å². The third-order valence-electron chi connectivity index (χ3n) is 2.42. The van der Waals surface area contributed by atoms with Gasteiger partial charge in [-0.1, -0.05) is 15.9 Å². The molecule has 3 rings (SSSR count). The summed E-state index contributed by atoms with van der Waals surface area (Å²) in [4.78, 5) is 8.39. The molecule has 1 N–H and O–H groups in total. The first-order chi connectivity index (χ1) is 9.10. The molecule has 104 valence electrons. The van der Waals surface area contributed by atoms with Crippen molar-refractivity contribution in [3.05, 3.63) is 32.2 Å². The average Bonchev–Trinajstić information content (AvgIpc) is 3.03. The maximum Gasteiger partial charge on any atom is 0.124 e. The second kappa shape index (κ2) is 6.90. The summed E-state index contributed by atoms with van der Waals surface area (Å²) in [6, 6.07) is 0. The second-order valence-electron chi connectivity index (χ2n) is 4.07. The van der Waals surface area contributed by atoms with Gasteiger partial charge in [0.1, 0.15) is 12.2 Å². The highest BCUT2D eigenvalue weighted by molar-refractivity contribution is 9.09. The van der Waals surface area contributed by atoms with E-state index in [-0.39, 0.29) is 0 Å². The third kappa shape index (κ3) is 4.61. The summed E-state index contributed by atoms with van der Waals surface area (Å²) in [7, 11) is 0. The SMILES string of the molecule is Cc1nc([C@@H](O)CBr)cs1.Cc1nc([C@@H]2CO2)cs1. The molecule has 0 aromatic carbocycles. The van der Waals surface area contributed by atoms with E-state index in [4.69, 9.17) is 4.74 Å². The van der Waals surface area contributed by atoms with Crippen LogP contribution in [0.1, 0.15) is 33.6 Å². The molecule has 0 radical (unpaired) electrons. The van der Waals surface area contributed by atoms with E-state index in [0.717, 1.165) is 28.0 Å². The van der Waals surface area contributed by atoms with Gasteiger partial charge in [-0.15, -0.1) is 22.7 Å². The lowest BCUT2D eigenvalue weighted by atomic mass is 10.3. The fourth-order valence-corrected chi connectivity index (χ4v) is 3.00. The molecule has 0 bridgehead atoms. The smallest absolute Gasteiger partial charge is 0.124 e. The van der Waals surface area contributed by atoms with Crippen molar-refractivity contribution in [2.45, 2.75) is 26.1 Å². The standard InChI is InChI=1S/C6H8BrNOS.C6H7NOS/c1-4-8-5(3-10-4)6(9)2-7;1-4-7-5(3-9-4)6-2-8-6/h3,6,9H,2H2,1H3;3,6H,2H2,1H3/t2*6-/m00/s1. The van der Waals surface area contributed by atoms with Gasteiger partial charge >= 0.3 is 0 Å². The summed E-state index contributed by atoms with van der Waals surface area (Å²) >= 11 is 6.41.